The van der Waals surface area contributed by atoms with Crippen LogP contribution in [0.5, 0.6) is 0 Å². The topological polar surface area (TPSA) is 66.4 Å². The number of rotatable bonds is 4. The van der Waals surface area contributed by atoms with Gasteiger partial charge in [-0.3, -0.25) is 4.79 Å². The number of hydrogen-bond donors (Lipinski definition) is 2. The maximum absolute atomic E-state index is 12.3. The van der Waals surface area contributed by atoms with Crippen molar-refractivity contribution >= 4 is 35.1 Å². The third-order valence-electron chi connectivity index (χ3n) is 3.86. The number of nitrogens with one attached hydrogen (secondary N) is 1. The molecule has 0 heterocycles. The summed E-state index contributed by atoms with van der Waals surface area (Å²) in [6, 6.07) is 3.85. The number of aliphatic carboxylic acids is 1. The summed E-state index contributed by atoms with van der Waals surface area (Å²) in [6.07, 6.45) is 4.74. The summed E-state index contributed by atoms with van der Waals surface area (Å²) in [7, 11) is 0. The molecule has 2 N–H and O–H groups in total. The maximum Gasteiger partial charge on any atom is 0.326 e. The summed E-state index contributed by atoms with van der Waals surface area (Å²) in [4.78, 5) is 23.8. The van der Waals surface area contributed by atoms with E-state index in [0.717, 1.165) is 32.1 Å². The molecule has 0 saturated heterocycles. The van der Waals surface area contributed by atoms with Crippen molar-refractivity contribution < 1.29 is 14.7 Å². The average Bonchev–Trinajstić information content (AvgIpc) is 2.45. The first-order chi connectivity index (χ1) is 10.0. The summed E-state index contributed by atoms with van der Waals surface area (Å²) >= 11 is 12.0. The van der Waals surface area contributed by atoms with Crippen LogP contribution in [0, 0.1) is 5.92 Å². The Labute approximate surface area is 133 Å². The first kappa shape index (κ1) is 16.1. The van der Waals surface area contributed by atoms with E-state index >= 15 is 0 Å². The van der Waals surface area contributed by atoms with Gasteiger partial charge in [0.25, 0.3) is 5.91 Å². The largest absolute Gasteiger partial charge is 0.480 e. The molecule has 21 heavy (non-hydrogen) atoms. The van der Waals surface area contributed by atoms with E-state index in [-0.39, 0.29) is 21.5 Å². The van der Waals surface area contributed by atoms with Gasteiger partial charge < -0.3 is 10.4 Å². The highest BCUT2D eigenvalue weighted by atomic mass is 35.5. The number of carbonyl (C=O) groups is 2. The standard InChI is InChI=1S/C15H17Cl2NO3/c16-10-7-4-8-11(17)12(10)14(19)18-13(15(20)21)9-5-2-1-3-6-9/h4,7-9,13H,1-3,5-6H2,(H,18,19)(H,20,21). The van der Waals surface area contributed by atoms with Crippen LogP contribution in [0.2, 0.25) is 10.0 Å². The molecule has 0 spiro atoms. The predicted octanol–water partition coefficient (Wildman–Crippen LogP) is 3.76. The molecule has 2 rings (SSSR count). The highest BCUT2D eigenvalue weighted by Gasteiger charge is 2.31. The molecule has 1 aromatic carbocycles. The average molecular weight is 330 g/mol. The summed E-state index contributed by atoms with van der Waals surface area (Å²) < 4.78 is 0. The van der Waals surface area contributed by atoms with E-state index in [1.54, 1.807) is 18.2 Å². The summed E-state index contributed by atoms with van der Waals surface area (Å²) in [5, 5.41) is 12.4. The molecule has 1 aliphatic carbocycles. The fraction of sp³-hybridized carbons (Fsp3) is 0.467. The van der Waals surface area contributed by atoms with Gasteiger partial charge in [-0.2, -0.15) is 0 Å². The van der Waals surface area contributed by atoms with E-state index in [1.807, 2.05) is 0 Å². The van der Waals surface area contributed by atoms with Crippen molar-refractivity contribution in [3.8, 4) is 0 Å². The molecule has 114 valence electrons. The molecule has 1 unspecified atom stereocenters. The lowest BCUT2D eigenvalue weighted by molar-refractivity contribution is -0.141. The zero-order valence-electron chi connectivity index (χ0n) is 11.4. The SMILES string of the molecule is O=C(NC(C(=O)O)C1CCCCC1)c1c(Cl)cccc1Cl. The van der Waals surface area contributed by atoms with Crippen molar-refractivity contribution in [2.24, 2.45) is 5.92 Å². The van der Waals surface area contributed by atoms with Gasteiger partial charge in [0.15, 0.2) is 0 Å². The van der Waals surface area contributed by atoms with Crippen molar-refractivity contribution in [2.75, 3.05) is 0 Å². The van der Waals surface area contributed by atoms with E-state index in [4.69, 9.17) is 23.2 Å². The van der Waals surface area contributed by atoms with Gasteiger partial charge in [0.1, 0.15) is 6.04 Å². The van der Waals surface area contributed by atoms with Crippen LogP contribution in [0.1, 0.15) is 42.5 Å². The Bertz CT molecular complexity index is 521. The quantitative estimate of drug-likeness (QED) is 0.883. The minimum absolute atomic E-state index is 0.0403. The van der Waals surface area contributed by atoms with E-state index < -0.39 is 17.9 Å². The van der Waals surface area contributed by atoms with E-state index in [1.165, 1.54) is 0 Å². The Hall–Kier alpha value is -1.26. The summed E-state index contributed by atoms with van der Waals surface area (Å²) in [6.45, 7) is 0. The first-order valence-electron chi connectivity index (χ1n) is 6.98. The van der Waals surface area contributed by atoms with Crippen LogP contribution in [0.4, 0.5) is 0 Å². The van der Waals surface area contributed by atoms with Gasteiger partial charge in [-0.25, -0.2) is 4.79 Å². The van der Waals surface area contributed by atoms with E-state index in [9.17, 15) is 14.7 Å². The van der Waals surface area contributed by atoms with Crippen LogP contribution in [-0.4, -0.2) is 23.0 Å². The minimum atomic E-state index is -1.02. The molecule has 1 atom stereocenters. The van der Waals surface area contributed by atoms with Crippen molar-refractivity contribution in [3.63, 3.8) is 0 Å². The third-order valence-corrected chi connectivity index (χ3v) is 4.49. The molecule has 1 fully saturated rings. The molecule has 1 aliphatic rings. The lowest BCUT2D eigenvalue weighted by Crippen LogP contribution is -2.46. The Balaban J connectivity index is 2.16. The molecule has 0 bridgehead atoms. The van der Waals surface area contributed by atoms with Gasteiger partial charge in [-0.05, 0) is 30.9 Å². The van der Waals surface area contributed by atoms with Crippen LogP contribution >= 0.6 is 23.2 Å². The highest BCUT2D eigenvalue weighted by molar-refractivity contribution is 6.39. The first-order valence-corrected chi connectivity index (χ1v) is 7.74. The lowest BCUT2D eigenvalue weighted by atomic mass is 9.84. The van der Waals surface area contributed by atoms with Gasteiger partial charge in [0, 0.05) is 0 Å². The van der Waals surface area contributed by atoms with Crippen molar-refractivity contribution in [1.29, 1.82) is 0 Å². The Morgan fingerprint density at radius 3 is 2.24 bits per heavy atom. The fourth-order valence-corrected chi connectivity index (χ4v) is 3.35. The number of benzene rings is 1. The van der Waals surface area contributed by atoms with Crippen molar-refractivity contribution in [1.82, 2.24) is 5.32 Å². The molecule has 6 heteroatoms. The van der Waals surface area contributed by atoms with Crippen LogP contribution in [-0.2, 0) is 4.79 Å². The Morgan fingerprint density at radius 2 is 1.71 bits per heavy atom. The van der Waals surface area contributed by atoms with Gasteiger partial charge in [-0.15, -0.1) is 0 Å². The second kappa shape index (κ2) is 7.14. The van der Waals surface area contributed by atoms with Crippen LogP contribution in [0.3, 0.4) is 0 Å². The molecule has 0 radical (unpaired) electrons. The smallest absolute Gasteiger partial charge is 0.326 e. The third kappa shape index (κ3) is 3.89. The molecule has 1 aromatic rings. The molecule has 1 saturated carbocycles. The number of carboxylic acids is 1. The van der Waals surface area contributed by atoms with Gasteiger partial charge in [0.05, 0.1) is 15.6 Å². The number of amides is 1. The van der Waals surface area contributed by atoms with Gasteiger partial charge >= 0.3 is 5.97 Å². The second-order valence-corrected chi connectivity index (χ2v) is 6.10. The number of carbonyl (C=O) groups excluding carboxylic acids is 1. The monoisotopic (exact) mass is 329 g/mol. The fourth-order valence-electron chi connectivity index (χ4n) is 2.78. The van der Waals surface area contributed by atoms with Crippen LogP contribution < -0.4 is 5.32 Å². The lowest BCUT2D eigenvalue weighted by Gasteiger charge is -2.28. The van der Waals surface area contributed by atoms with E-state index in [2.05, 4.69) is 5.32 Å². The maximum atomic E-state index is 12.3. The molecule has 4 nitrogen and oxygen atoms in total. The molecule has 1 amide bonds. The summed E-state index contributed by atoms with van der Waals surface area (Å²) in [5.74, 6) is -1.59. The predicted molar refractivity (Wildman–Crippen MR) is 81.9 cm³/mol. The van der Waals surface area contributed by atoms with E-state index in [0.29, 0.717) is 0 Å². The van der Waals surface area contributed by atoms with Crippen LogP contribution in [0.15, 0.2) is 18.2 Å². The van der Waals surface area contributed by atoms with Gasteiger partial charge in [0.2, 0.25) is 0 Å². The zero-order valence-corrected chi connectivity index (χ0v) is 13.0. The normalized spacial score (nSPS) is 17.2. The highest BCUT2D eigenvalue weighted by Crippen LogP contribution is 2.28. The molecule has 0 aliphatic heterocycles. The number of hydrogen-bond acceptors (Lipinski definition) is 2. The number of carboxylic acid groups (broad SMARTS) is 1. The Morgan fingerprint density at radius 1 is 1.14 bits per heavy atom. The molecular formula is C15H17Cl2NO3. The Kier molecular flexibility index (Phi) is 5.48. The number of halogens is 2. The second-order valence-electron chi connectivity index (χ2n) is 5.28. The van der Waals surface area contributed by atoms with Crippen LogP contribution in [0.25, 0.3) is 0 Å². The molecule has 0 aromatic heterocycles. The van der Waals surface area contributed by atoms with Crippen molar-refractivity contribution in [2.45, 2.75) is 38.1 Å². The van der Waals surface area contributed by atoms with Crippen molar-refractivity contribution in [3.05, 3.63) is 33.8 Å². The zero-order chi connectivity index (χ0) is 15.4. The summed E-state index contributed by atoms with van der Waals surface area (Å²) in [5.41, 5.74) is 0.128. The minimum Gasteiger partial charge on any atom is -0.480 e. The molecular weight excluding hydrogens is 313 g/mol. The van der Waals surface area contributed by atoms with Gasteiger partial charge in [-0.1, -0.05) is 48.5 Å².